The molecule has 2 aliphatic carbocycles. The van der Waals surface area contributed by atoms with Crippen molar-refractivity contribution in [3.63, 3.8) is 0 Å². The maximum absolute atomic E-state index is 2.97. The second-order valence-electron chi connectivity index (χ2n) is 9.75. The molecule has 1 heterocycles. The van der Waals surface area contributed by atoms with Crippen LogP contribution in [0.1, 0.15) is 111 Å². The summed E-state index contributed by atoms with van der Waals surface area (Å²) in [4.78, 5) is 0. The van der Waals surface area contributed by atoms with Crippen molar-refractivity contribution < 1.29 is 0 Å². The predicted molar refractivity (Wildman–Crippen MR) is 99.4 cm³/mol. The van der Waals surface area contributed by atoms with Crippen LogP contribution in [0.4, 0.5) is 0 Å². The van der Waals surface area contributed by atoms with Crippen LogP contribution < -0.4 is 0 Å². The fourth-order valence-electron chi connectivity index (χ4n) is 5.93. The van der Waals surface area contributed by atoms with E-state index in [2.05, 4.69) is 37.7 Å². The van der Waals surface area contributed by atoms with Gasteiger partial charge in [0.1, 0.15) is 0 Å². The standard InChI is InChI=1S/C21H40N2/c1-20(2)16-11-17-21(3,4)23(20)22(18-12-7-5-8-13-18)19-14-9-6-10-15-19/h18-19H,5-17H2,1-4H3. The Bertz CT molecular complexity index is 341. The first kappa shape index (κ1) is 17.7. The summed E-state index contributed by atoms with van der Waals surface area (Å²) in [6.07, 6.45) is 18.5. The van der Waals surface area contributed by atoms with E-state index in [0.717, 1.165) is 12.1 Å². The molecule has 0 aromatic heterocycles. The molecule has 2 saturated carbocycles. The molecule has 0 atom stereocenters. The normalized spacial score (nSPS) is 30.7. The molecule has 0 N–H and O–H groups in total. The lowest BCUT2D eigenvalue weighted by molar-refractivity contribution is -0.227. The second-order valence-corrected chi connectivity index (χ2v) is 9.75. The van der Waals surface area contributed by atoms with Crippen molar-refractivity contribution in [3.8, 4) is 0 Å². The van der Waals surface area contributed by atoms with Crippen molar-refractivity contribution in [2.45, 2.75) is 134 Å². The summed E-state index contributed by atoms with van der Waals surface area (Å²) in [7, 11) is 0. The molecule has 2 nitrogen and oxygen atoms in total. The lowest BCUT2D eigenvalue weighted by atomic mass is 9.80. The van der Waals surface area contributed by atoms with Crippen LogP contribution in [0.15, 0.2) is 0 Å². The molecule has 2 heteroatoms. The maximum atomic E-state index is 2.97. The minimum absolute atomic E-state index is 0.316. The van der Waals surface area contributed by atoms with Crippen LogP contribution >= 0.6 is 0 Å². The Morgan fingerprint density at radius 2 is 1.00 bits per heavy atom. The highest BCUT2D eigenvalue weighted by atomic mass is 15.7. The van der Waals surface area contributed by atoms with E-state index in [1.165, 1.54) is 83.5 Å². The van der Waals surface area contributed by atoms with Crippen LogP contribution in [0.3, 0.4) is 0 Å². The summed E-state index contributed by atoms with van der Waals surface area (Å²) in [6.45, 7) is 10.0. The number of nitrogens with zero attached hydrogens (tertiary/aromatic N) is 2. The zero-order valence-electron chi connectivity index (χ0n) is 16.2. The van der Waals surface area contributed by atoms with E-state index in [-0.39, 0.29) is 0 Å². The monoisotopic (exact) mass is 320 g/mol. The van der Waals surface area contributed by atoms with Crippen LogP contribution in [0, 0.1) is 0 Å². The van der Waals surface area contributed by atoms with Crippen molar-refractivity contribution in [1.82, 2.24) is 10.0 Å². The molecule has 3 rings (SSSR count). The van der Waals surface area contributed by atoms with Crippen molar-refractivity contribution in [1.29, 1.82) is 0 Å². The molecule has 1 saturated heterocycles. The van der Waals surface area contributed by atoms with Gasteiger partial charge in [0.25, 0.3) is 0 Å². The highest BCUT2D eigenvalue weighted by Crippen LogP contribution is 2.44. The van der Waals surface area contributed by atoms with Gasteiger partial charge in [-0.05, 0) is 72.6 Å². The highest BCUT2D eigenvalue weighted by Gasteiger charge is 2.48. The zero-order chi connectivity index (χ0) is 16.5. The number of hydrogen-bond acceptors (Lipinski definition) is 2. The molecule has 0 aromatic rings. The molecule has 23 heavy (non-hydrogen) atoms. The zero-order valence-corrected chi connectivity index (χ0v) is 16.2. The first-order valence-corrected chi connectivity index (χ1v) is 10.5. The molecule has 134 valence electrons. The molecule has 0 amide bonds. The molecular formula is C21H40N2. The van der Waals surface area contributed by atoms with Crippen molar-refractivity contribution in [2.75, 3.05) is 0 Å². The summed E-state index contributed by atoms with van der Waals surface area (Å²) in [6, 6.07) is 1.62. The van der Waals surface area contributed by atoms with Gasteiger partial charge in [-0.2, -0.15) is 0 Å². The molecule has 0 radical (unpaired) electrons. The molecule has 0 spiro atoms. The van der Waals surface area contributed by atoms with Gasteiger partial charge >= 0.3 is 0 Å². The van der Waals surface area contributed by atoms with Gasteiger partial charge in [0.2, 0.25) is 0 Å². The van der Waals surface area contributed by atoms with E-state index in [4.69, 9.17) is 0 Å². The number of hydrogen-bond donors (Lipinski definition) is 0. The summed E-state index contributed by atoms with van der Waals surface area (Å²) in [5, 5.41) is 5.87. The Hall–Kier alpha value is -0.0800. The lowest BCUT2D eigenvalue weighted by Gasteiger charge is -2.61. The first-order chi connectivity index (χ1) is 10.9. The molecular weight excluding hydrogens is 280 g/mol. The Morgan fingerprint density at radius 1 is 0.609 bits per heavy atom. The second kappa shape index (κ2) is 7.04. The fourth-order valence-corrected chi connectivity index (χ4v) is 5.93. The van der Waals surface area contributed by atoms with Gasteiger partial charge in [-0.1, -0.05) is 38.5 Å². The Kier molecular flexibility index (Phi) is 5.43. The number of hydrazine groups is 1. The average molecular weight is 321 g/mol. The van der Waals surface area contributed by atoms with Gasteiger partial charge in [0.05, 0.1) is 0 Å². The van der Waals surface area contributed by atoms with Gasteiger partial charge in [-0.15, -0.1) is 0 Å². The van der Waals surface area contributed by atoms with Crippen molar-refractivity contribution in [3.05, 3.63) is 0 Å². The molecule has 3 fully saturated rings. The summed E-state index contributed by atoms with van der Waals surface area (Å²) in [5.41, 5.74) is 0.632. The number of piperidine rings is 1. The average Bonchev–Trinajstić information content (AvgIpc) is 2.52. The van der Waals surface area contributed by atoms with E-state index in [9.17, 15) is 0 Å². The quantitative estimate of drug-likeness (QED) is 0.637. The van der Waals surface area contributed by atoms with Gasteiger partial charge in [-0.25, -0.2) is 10.0 Å². The first-order valence-electron chi connectivity index (χ1n) is 10.5. The molecule has 3 aliphatic rings. The number of rotatable bonds is 3. The Balaban J connectivity index is 1.91. The molecule has 1 aliphatic heterocycles. The van der Waals surface area contributed by atoms with E-state index in [1.54, 1.807) is 0 Å². The largest absolute Gasteiger partial charge is 0.235 e. The third-order valence-electron chi connectivity index (χ3n) is 6.85. The smallest absolute Gasteiger partial charge is 0.0306 e. The summed E-state index contributed by atoms with van der Waals surface area (Å²) < 4.78 is 0. The Morgan fingerprint density at radius 3 is 1.39 bits per heavy atom. The molecule has 0 aromatic carbocycles. The maximum Gasteiger partial charge on any atom is 0.0306 e. The van der Waals surface area contributed by atoms with E-state index < -0.39 is 0 Å². The summed E-state index contributed by atoms with van der Waals surface area (Å²) >= 11 is 0. The van der Waals surface area contributed by atoms with E-state index in [1.807, 2.05) is 0 Å². The van der Waals surface area contributed by atoms with Gasteiger partial charge < -0.3 is 0 Å². The van der Waals surface area contributed by atoms with Crippen LogP contribution in [-0.4, -0.2) is 33.2 Å². The highest BCUT2D eigenvalue weighted by molar-refractivity contribution is 4.98. The van der Waals surface area contributed by atoms with Gasteiger partial charge in [0, 0.05) is 23.2 Å². The van der Waals surface area contributed by atoms with Crippen LogP contribution in [0.2, 0.25) is 0 Å². The predicted octanol–water partition coefficient (Wildman–Crippen LogP) is 5.91. The van der Waals surface area contributed by atoms with Crippen molar-refractivity contribution in [2.24, 2.45) is 0 Å². The fraction of sp³-hybridized carbons (Fsp3) is 1.00. The third kappa shape index (κ3) is 3.79. The van der Waals surface area contributed by atoms with Gasteiger partial charge in [0.15, 0.2) is 0 Å². The topological polar surface area (TPSA) is 6.48 Å². The summed E-state index contributed by atoms with van der Waals surface area (Å²) in [5.74, 6) is 0. The third-order valence-corrected chi connectivity index (χ3v) is 6.85. The van der Waals surface area contributed by atoms with Crippen LogP contribution in [-0.2, 0) is 0 Å². The molecule has 0 bridgehead atoms. The van der Waals surface area contributed by atoms with Crippen LogP contribution in [0.25, 0.3) is 0 Å². The Labute approximate surface area is 145 Å². The SMILES string of the molecule is CC1(C)CCCC(C)(C)N1N(C1CCCCC1)C1CCCCC1. The minimum atomic E-state index is 0.316. The van der Waals surface area contributed by atoms with E-state index in [0.29, 0.717) is 11.1 Å². The van der Waals surface area contributed by atoms with Crippen LogP contribution in [0.5, 0.6) is 0 Å². The van der Waals surface area contributed by atoms with E-state index >= 15 is 0 Å². The molecule has 0 unspecified atom stereocenters. The lowest BCUT2D eigenvalue weighted by Crippen LogP contribution is -2.69. The van der Waals surface area contributed by atoms with Gasteiger partial charge in [-0.3, -0.25) is 0 Å². The van der Waals surface area contributed by atoms with Crippen molar-refractivity contribution >= 4 is 0 Å². The minimum Gasteiger partial charge on any atom is -0.235 e.